The first-order valence-corrected chi connectivity index (χ1v) is 8.59. The third-order valence-electron chi connectivity index (χ3n) is 4.12. The van der Waals surface area contributed by atoms with Crippen LogP contribution < -0.4 is 15.4 Å². The summed E-state index contributed by atoms with van der Waals surface area (Å²) in [5, 5.41) is 10.6. The number of pyridine rings is 1. The second-order valence-corrected chi connectivity index (χ2v) is 5.68. The lowest BCUT2D eigenvalue weighted by atomic mass is 9.99. The first kappa shape index (κ1) is 22.2. The fourth-order valence-corrected chi connectivity index (χ4v) is 2.62. The van der Waals surface area contributed by atoms with Gasteiger partial charge in [-0.1, -0.05) is 25.1 Å². The number of hydrogen-bond donors (Lipinski definition) is 2. The van der Waals surface area contributed by atoms with Crippen LogP contribution in [-0.2, 0) is 13.1 Å². The molecule has 0 fully saturated rings. The molecule has 0 saturated carbocycles. The maximum absolute atomic E-state index is 5.42. The van der Waals surface area contributed by atoms with Gasteiger partial charge in [0.2, 0.25) is 5.88 Å². The molecule has 2 N–H and O–H groups in total. The summed E-state index contributed by atoms with van der Waals surface area (Å²) in [4.78, 5) is 8.40. The number of rotatable bonds is 8. The number of aromatic nitrogens is 2. The zero-order chi connectivity index (χ0) is 18.1. The summed E-state index contributed by atoms with van der Waals surface area (Å²) < 4.78 is 10.7. The Morgan fingerprint density at radius 2 is 2.00 bits per heavy atom. The Bertz CT molecular complexity index is 686. The molecule has 0 amide bonds. The molecular weight excluding hydrogens is 445 g/mol. The summed E-state index contributed by atoms with van der Waals surface area (Å²) in [5.41, 5.74) is 1.98. The molecule has 2 heterocycles. The van der Waals surface area contributed by atoms with Crippen molar-refractivity contribution in [2.75, 3.05) is 14.2 Å². The van der Waals surface area contributed by atoms with Crippen LogP contribution in [0.4, 0.5) is 0 Å². The van der Waals surface area contributed by atoms with Gasteiger partial charge in [-0.3, -0.25) is 4.99 Å². The third kappa shape index (κ3) is 6.15. The zero-order valence-corrected chi connectivity index (χ0v) is 18.1. The molecule has 8 heteroatoms. The number of guanidine groups is 1. The van der Waals surface area contributed by atoms with Gasteiger partial charge in [-0.15, -0.1) is 24.0 Å². The topological polar surface area (TPSA) is 84.6 Å². The molecule has 0 aliphatic carbocycles. The summed E-state index contributed by atoms with van der Waals surface area (Å²) in [6.45, 7) is 5.42. The van der Waals surface area contributed by atoms with Crippen molar-refractivity contribution in [2.45, 2.75) is 45.7 Å². The lowest BCUT2D eigenvalue weighted by Crippen LogP contribution is -2.36. The van der Waals surface area contributed by atoms with Crippen molar-refractivity contribution in [1.29, 1.82) is 0 Å². The van der Waals surface area contributed by atoms with Gasteiger partial charge in [0.15, 0.2) is 11.7 Å². The normalized spacial score (nSPS) is 11.2. The summed E-state index contributed by atoms with van der Waals surface area (Å²) in [6, 6.07) is 5.86. The highest BCUT2D eigenvalue weighted by Gasteiger charge is 2.13. The molecule has 0 aliphatic heterocycles. The van der Waals surface area contributed by atoms with Gasteiger partial charge in [-0.05, 0) is 18.9 Å². The van der Waals surface area contributed by atoms with Gasteiger partial charge in [0.25, 0.3) is 0 Å². The fraction of sp³-hybridized carbons (Fsp3) is 0.500. The van der Waals surface area contributed by atoms with E-state index in [9.17, 15) is 0 Å². The van der Waals surface area contributed by atoms with Gasteiger partial charge in [0.05, 0.1) is 19.3 Å². The molecule has 0 unspecified atom stereocenters. The minimum atomic E-state index is 0. The number of nitrogens with one attached hydrogen (secondary N) is 2. The van der Waals surface area contributed by atoms with Crippen LogP contribution in [0.15, 0.2) is 33.9 Å². The first-order valence-electron chi connectivity index (χ1n) is 8.59. The molecule has 0 bridgehead atoms. The van der Waals surface area contributed by atoms with Crippen LogP contribution in [0.2, 0.25) is 0 Å². The summed E-state index contributed by atoms with van der Waals surface area (Å²) in [6.07, 6.45) is 3.83. The van der Waals surface area contributed by atoms with Gasteiger partial charge in [0.1, 0.15) is 0 Å². The van der Waals surface area contributed by atoms with Crippen molar-refractivity contribution in [3.8, 4) is 5.88 Å². The van der Waals surface area contributed by atoms with Crippen LogP contribution in [0.1, 0.15) is 49.6 Å². The standard InChI is InChI=1S/C18H27N5O2.HI/c1-5-13(6-2)16-10-15(25-23-16)12-22-18(19-3)21-11-14-8-7-9-20-17(14)24-4;/h7-10,13H,5-6,11-12H2,1-4H3,(H2,19,21,22);1H. The van der Waals surface area contributed by atoms with Crippen LogP contribution in [0, 0.1) is 0 Å². The van der Waals surface area contributed by atoms with E-state index in [0.717, 1.165) is 29.9 Å². The van der Waals surface area contributed by atoms with E-state index in [1.807, 2.05) is 18.2 Å². The number of aliphatic imine (C=N–C) groups is 1. The molecule has 0 atom stereocenters. The van der Waals surface area contributed by atoms with Gasteiger partial charge >= 0.3 is 0 Å². The van der Waals surface area contributed by atoms with Crippen molar-refractivity contribution in [3.05, 3.63) is 41.4 Å². The first-order chi connectivity index (χ1) is 12.2. The number of nitrogens with zero attached hydrogens (tertiary/aromatic N) is 3. The monoisotopic (exact) mass is 473 g/mol. The van der Waals surface area contributed by atoms with Crippen LogP contribution in [0.5, 0.6) is 5.88 Å². The van der Waals surface area contributed by atoms with Crippen LogP contribution >= 0.6 is 24.0 Å². The predicted octanol–water partition coefficient (Wildman–Crippen LogP) is 3.47. The summed E-state index contributed by atoms with van der Waals surface area (Å²) in [5.74, 6) is 2.53. The number of ether oxygens (including phenoxy) is 1. The molecule has 2 rings (SSSR count). The van der Waals surface area contributed by atoms with Crippen molar-refractivity contribution in [3.63, 3.8) is 0 Å². The Balaban J connectivity index is 0.00000338. The second kappa shape index (κ2) is 11.7. The van der Waals surface area contributed by atoms with E-state index in [4.69, 9.17) is 9.26 Å². The quantitative estimate of drug-likeness (QED) is 0.347. The van der Waals surface area contributed by atoms with Gasteiger partial charge in [-0.2, -0.15) is 0 Å². The average molecular weight is 473 g/mol. The van der Waals surface area contributed by atoms with Gasteiger partial charge in [0, 0.05) is 37.3 Å². The van der Waals surface area contributed by atoms with Crippen LogP contribution in [0.25, 0.3) is 0 Å². The summed E-state index contributed by atoms with van der Waals surface area (Å²) in [7, 11) is 3.34. The predicted molar refractivity (Wildman–Crippen MR) is 113 cm³/mol. The van der Waals surface area contributed by atoms with Crippen molar-refractivity contribution in [1.82, 2.24) is 20.8 Å². The molecule has 144 valence electrons. The van der Waals surface area contributed by atoms with E-state index < -0.39 is 0 Å². The molecular formula is C18H28IN5O2. The molecule has 0 aromatic carbocycles. The SMILES string of the molecule is CCC(CC)c1cc(CNC(=NC)NCc2cccnc2OC)on1.I. The van der Waals surface area contributed by atoms with Gasteiger partial charge in [-0.25, -0.2) is 4.98 Å². The van der Waals surface area contributed by atoms with Crippen molar-refractivity contribution < 1.29 is 9.26 Å². The van der Waals surface area contributed by atoms with E-state index >= 15 is 0 Å². The Labute approximate surface area is 172 Å². The molecule has 0 radical (unpaired) electrons. The molecule has 0 aliphatic rings. The van der Waals surface area contributed by atoms with Crippen LogP contribution in [0.3, 0.4) is 0 Å². The maximum atomic E-state index is 5.42. The van der Waals surface area contributed by atoms with Gasteiger partial charge < -0.3 is 19.9 Å². The van der Waals surface area contributed by atoms with Crippen molar-refractivity contribution in [2.24, 2.45) is 4.99 Å². The zero-order valence-electron chi connectivity index (χ0n) is 15.8. The van der Waals surface area contributed by atoms with E-state index in [2.05, 4.69) is 39.6 Å². The Morgan fingerprint density at radius 3 is 2.65 bits per heavy atom. The molecule has 0 spiro atoms. The Hall–Kier alpha value is -1.84. The maximum Gasteiger partial charge on any atom is 0.218 e. The molecule has 2 aromatic heterocycles. The largest absolute Gasteiger partial charge is 0.481 e. The number of hydrogen-bond acceptors (Lipinski definition) is 5. The number of halogens is 1. The molecule has 2 aromatic rings. The minimum absolute atomic E-state index is 0. The third-order valence-corrected chi connectivity index (χ3v) is 4.12. The highest BCUT2D eigenvalue weighted by Crippen LogP contribution is 2.22. The van der Waals surface area contributed by atoms with Crippen molar-refractivity contribution >= 4 is 29.9 Å². The molecule has 0 saturated heterocycles. The lowest BCUT2D eigenvalue weighted by molar-refractivity contribution is 0.368. The van der Waals surface area contributed by atoms with E-state index in [1.54, 1.807) is 20.4 Å². The molecule has 7 nitrogen and oxygen atoms in total. The highest BCUT2D eigenvalue weighted by atomic mass is 127. The average Bonchev–Trinajstić information content (AvgIpc) is 3.12. The Kier molecular flexibility index (Phi) is 10.0. The highest BCUT2D eigenvalue weighted by molar-refractivity contribution is 14.0. The minimum Gasteiger partial charge on any atom is -0.481 e. The Morgan fingerprint density at radius 1 is 1.27 bits per heavy atom. The lowest BCUT2D eigenvalue weighted by Gasteiger charge is -2.12. The molecule has 26 heavy (non-hydrogen) atoms. The number of methoxy groups -OCH3 is 1. The van der Waals surface area contributed by atoms with Crippen LogP contribution in [-0.4, -0.2) is 30.3 Å². The summed E-state index contributed by atoms with van der Waals surface area (Å²) >= 11 is 0. The van der Waals surface area contributed by atoms with E-state index in [1.165, 1.54) is 0 Å². The van der Waals surface area contributed by atoms with E-state index in [0.29, 0.717) is 30.8 Å². The van der Waals surface area contributed by atoms with E-state index in [-0.39, 0.29) is 24.0 Å². The second-order valence-electron chi connectivity index (χ2n) is 5.68. The fourth-order valence-electron chi connectivity index (χ4n) is 2.62. The smallest absolute Gasteiger partial charge is 0.218 e.